The summed E-state index contributed by atoms with van der Waals surface area (Å²) in [6.07, 6.45) is 3.77. The lowest BCUT2D eigenvalue weighted by Crippen LogP contribution is -2.42. The Labute approximate surface area is 153 Å². The predicted octanol–water partition coefficient (Wildman–Crippen LogP) is 3.77. The minimum Gasteiger partial charge on any atom is -0.482 e. The molecule has 1 saturated carbocycles. The van der Waals surface area contributed by atoms with Gasteiger partial charge in [-0.1, -0.05) is 48.0 Å². The van der Waals surface area contributed by atoms with Gasteiger partial charge in [-0.25, -0.2) is 0 Å². The Bertz CT molecular complexity index is 713. The number of hydrogen-bond acceptors (Lipinski definition) is 3. The third-order valence-electron chi connectivity index (χ3n) is 4.53. The fourth-order valence-corrected chi connectivity index (χ4v) is 3.34. The van der Waals surface area contributed by atoms with Gasteiger partial charge in [0.25, 0.3) is 5.91 Å². The van der Waals surface area contributed by atoms with Crippen molar-refractivity contribution in [2.75, 3.05) is 6.61 Å². The van der Waals surface area contributed by atoms with Gasteiger partial charge in [0.1, 0.15) is 5.75 Å². The molecule has 3 N–H and O–H groups in total. The average molecular weight is 359 g/mol. The number of ether oxygens (including phenoxy) is 1. The van der Waals surface area contributed by atoms with Gasteiger partial charge in [0.2, 0.25) is 0 Å². The molecule has 132 valence electrons. The number of carbonyl (C=O) groups excluding carboxylic acids is 1. The SMILES string of the molecule is NC1CCC(NC(=O)COc2ccc(-c3ccccc3)cc2Cl)CC1. The summed E-state index contributed by atoms with van der Waals surface area (Å²) in [4.78, 5) is 12.1. The molecule has 1 fully saturated rings. The first-order valence-electron chi connectivity index (χ1n) is 8.64. The highest BCUT2D eigenvalue weighted by Gasteiger charge is 2.20. The van der Waals surface area contributed by atoms with Crippen LogP contribution in [-0.2, 0) is 4.79 Å². The Hall–Kier alpha value is -2.04. The average Bonchev–Trinajstić information content (AvgIpc) is 2.63. The van der Waals surface area contributed by atoms with Crippen LogP contribution in [0.4, 0.5) is 0 Å². The first-order valence-corrected chi connectivity index (χ1v) is 9.02. The molecule has 0 radical (unpaired) electrons. The van der Waals surface area contributed by atoms with Crippen molar-refractivity contribution in [3.63, 3.8) is 0 Å². The van der Waals surface area contributed by atoms with Crippen LogP contribution >= 0.6 is 11.6 Å². The molecule has 25 heavy (non-hydrogen) atoms. The third kappa shape index (κ3) is 4.97. The van der Waals surface area contributed by atoms with Crippen molar-refractivity contribution in [2.45, 2.75) is 37.8 Å². The summed E-state index contributed by atoms with van der Waals surface area (Å²) in [6, 6.07) is 16.1. The van der Waals surface area contributed by atoms with Crippen molar-refractivity contribution in [2.24, 2.45) is 5.73 Å². The second-order valence-electron chi connectivity index (χ2n) is 6.48. The van der Waals surface area contributed by atoms with Crippen molar-refractivity contribution in [1.29, 1.82) is 0 Å². The highest BCUT2D eigenvalue weighted by atomic mass is 35.5. The second kappa shape index (κ2) is 8.37. The molecule has 0 spiro atoms. The van der Waals surface area contributed by atoms with Gasteiger partial charge in [0.15, 0.2) is 6.61 Å². The van der Waals surface area contributed by atoms with Crippen LogP contribution in [0.25, 0.3) is 11.1 Å². The summed E-state index contributed by atoms with van der Waals surface area (Å²) < 4.78 is 5.58. The Kier molecular flexibility index (Phi) is 5.95. The third-order valence-corrected chi connectivity index (χ3v) is 4.83. The molecule has 1 amide bonds. The van der Waals surface area contributed by atoms with E-state index in [0.717, 1.165) is 36.8 Å². The zero-order chi connectivity index (χ0) is 17.6. The van der Waals surface area contributed by atoms with E-state index in [9.17, 15) is 4.79 Å². The molecule has 1 aliphatic rings. The molecule has 4 nitrogen and oxygen atoms in total. The first-order chi connectivity index (χ1) is 12.1. The highest BCUT2D eigenvalue weighted by molar-refractivity contribution is 6.32. The van der Waals surface area contributed by atoms with E-state index in [4.69, 9.17) is 22.1 Å². The minimum atomic E-state index is -0.122. The van der Waals surface area contributed by atoms with Gasteiger partial charge in [0.05, 0.1) is 5.02 Å². The number of nitrogens with two attached hydrogens (primary N) is 1. The molecule has 0 aliphatic heterocycles. The number of rotatable bonds is 5. The summed E-state index contributed by atoms with van der Waals surface area (Å²) >= 11 is 6.30. The molecule has 2 aromatic rings. The molecule has 0 unspecified atom stereocenters. The Balaban J connectivity index is 1.53. The lowest BCUT2D eigenvalue weighted by atomic mass is 9.92. The van der Waals surface area contributed by atoms with E-state index in [1.54, 1.807) is 6.07 Å². The minimum absolute atomic E-state index is 0.0348. The maximum absolute atomic E-state index is 12.1. The number of nitrogens with one attached hydrogen (secondary N) is 1. The van der Waals surface area contributed by atoms with Crippen LogP contribution in [0.15, 0.2) is 48.5 Å². The fourth-order valence-electron chi connectivity index (χ4n) is 3.10. The molecule has 0 bridgehead atoms. The fraction of sp³-hybridized carbons (Fsp3) is 0.350. The van der Waals surface area contributed by atoms with Crippen molar-refractivity contribution >= 4 is 17.5 Å². The standard InChI is InChI=1S/C20H23ClN2O2/c21-18-12-15(14-4-2-1-3-5-14)6-11-19(18)25-13-20(24)23-17-9-7-16(22)8-10-17/h1-6,11-12,16-17H,7-10,13,22H2,(H,23,24). The number of benzene rings is 2. The summed E-state index contributed by atoms with van der Waals surface area (Å²) in [5, 5.41) is 3.50. The number of halogens is 1. The summed E-state index contributed by atoms with van der Waals surface area (Å²) in [5.74, 6) is 0.394. The second-order valence-corrected chi connectivity index (χ2v) is 6.89. The van der Waals surface area contributed by atoms with Gasteiger partial charge in [-0.15, -0.1) is 0 Å². The summed E-state index contributed by atoms with van der Waals surface area (Å²) in [5.41, 5.74) is 7.98. The van der Waals surface area contributed by atoms with Crippen molar-refractivity contribution in [3.05, 3.63) is 53.6 Å². The van der Waals surface area contributed by atoms with Gasteiger partial charge in [-0.05, 0) is 48.9 Å². The molecule has 2 aromatic carbocycles. The maximum Gasteiger partial charge on any atom is 0.258 e. The van der Waals surface area contributed by atoms with Gasteiger partial charge < -0.3 is 15.8 Å². The number of hydrogen-bond donors (Lipinski definition) is 2. The predicted molar refractivity (Wildman–Crippen MR) is 101 cm³/mol. The molecular weight excluding hydrogens is 336 g/mol. The zero-order valence-electron chi connectivity index (χ0n) is 14.1. The normalized spacial score (nSPS) is 20.1. The Morgan fingerprint density at radius 3 is 2.48 bits per heavy atom. The van der Waals surface area contributed by atoms with Crippen molar-refractivity contribution < 1.29 is 9.53 Å². The molecule has 1 aliphatic carbocycles. The monoisotopic (exact) mass is 358 g/mol. The van der Waals surface area contributed by atoms with Crippen LogP contribution in [-0.4, -0.2) is 24.6 Å². The van der Waals surface area contributed by atoms with Crippen LogP contribution in [0.3, 0.4) is 0 Å². The lowest BCUT2D eigenvalue weighted by Gasteiger charge is -2.26. The lowest BCUT2D eigenvalue weighted by molar-refractivity contribution is -0.124. The van der Waals surface area contributed by atoms with Crippen LogP contribution in [0.2, 0.25) is 5.02 Å². The zero-order valence-corrected chi connectivity index (χ0v) is 14.8. The number of amides is 1. The van der Waals surface area contributed by atoms with Crippen LogP contribution in [0, 0.1) is 0 Å². The molecule has 0 atom stereocenters. The maximum atomic E-state index is 12.1. The summed E-state index contributed by atoms with van der Waals surface area (Å²) in [7, 11) is 0. The van der Waals surface area contributed by atoms with Crippen LogP contribution in [0.1, 0.15) is 25.7 Å². The Morgan fingerprint density at radius 1 is 1.08 bits per heavy atom. The van der Waals surface area contributed by atoms with Gasteiger partial charge in [0, 0.05) is 12.1 Å². The number of carbonyl (C=O) groups is 1. The van der Waals surface area contributed by atoms with E-state index in [-0.39, 0.29) is 24.6 Å². The van der Waals surface area contributed by atoms with Crippen molar-refractivity contribution in [3.8, 4) is 16.9 Å². The largest absolute Gasteiger partial charge is 0.482 e. The highest BCUT2D eigenvalue weighted by Crippen LogP contribution is 2.30. The van der Waals surface area contributed by atoms with Crippen LogP contribution < -0.4 is 15.8 Å². The van der Waals surface area contributed by atoms with E-state index in [2.05, 4.69) is 5.32 Å². The van der Waals surface area contributed by atoms with E-state index in [1.165, 1.54) is 0 Å². The smallest absolute Gasteiger partial charge is 0.258 e. The quantitative estimate of drug-likeness (QED) is 0.855. The van der Waals surface area contributed by atoms with E-state index >= 15 is 0 Å². The molecular formula is C20H23ClN2O2. The first kappa shape index (κ1) is 17.8. The van der Waals surface area contributed by atoms with E-state index in [1.807, 2.05) is 42.5 Å². The van der Waals surface area contributed by atoms with Gasteiger partial charge >= 0.3 is 0 Å². The Morgan fingerprint density at radius 2 is 1.80 bits per heavy atom. The van der Waals surface area contributed by atoms with Crippen LogP contribution in [0.5, 0.6) is 5.75 Å². The molecule has 0 saturated heterocycles. The molecule has 3 rings (SSSR count). The topological polar surface area (TPSA) is 64.3 Å². The molecule has 0 heterocycles. The van der Waals surface area contributed by atoms with Gasteiger partial charge in [-0.2, -0.15) is 0 Å². The van der Waals surface area contributed by atoms with Gasteiger partial charge in [-0.3, -0.25) is 4.79 Å². The molecule has 0 aromatic heterocycles. The van der Waals surface area contributed by atoms with E-state index in [0.29, 0.717) is 10.8 Å². The summed E-state index contributed by atoms with van der Waals surface area (Å²) in [6.45, 7) is -0.0348. The molecule has 5 heteroatoms. The van der Waals surface area contributed by atoms with Crippen molar-refractivity contribution in [1.82, 2.24) is 5.32 Å². The van der Waals surface area contributed by atoms with E-state index < -0.39 is 0 Å².